The molecule has 0 bridgehead atoms. The van der Waals surface area contributed by atoms with Crippen LogP contribution in [0.3, 0.4) is 0 Å². The lowest BCUT2D eigenvalue weighted by atomic mass is 9.83. The van der Waals surface area contributed by atoms with Crippen LogP contribution < -0.4 is 26.5 Å². The van der Waals surface area contributed by atoms with Crippen LogP contribution in [-0.4, -0.2) is 42.5 Å². The van der Waals surface area contributed by atoms with Gasteiger partial charge in [-0.05, 0) is 72.9 Å². The van der Waals surface area contributed by atoms with Crippen LogP contribution in [0.25, 0.3) is 0 Å². The van der Waals surface area contributed by atoms with Crippen molar-refractivity contribution in [2.45, 2.75) is 52.2 Å². The Labute approximate surface area is 262 Å². The third kappa shape index (κ3) is 7.14. The van der Waals surface area contributed by atoms with Crippen molar-refractivity contribution in [1.82, 2.24) is 4.90 Å². The van der Waals surface area contributed by atoms with Gasteiger partial charge in [0.1, 0.15) is 18.0 Å². The number of nitrogens with zero attached hydrogens (tertiary/aromatic N) is 2. The van der Waals surface area contributed by atoms with Crippen LogP contribution in [0.4, 0.5) is 0 Å². The Hall–Kier alpha value is -3.41. The molecular weight excluding hydrogens is 584 g/mol. The Kier molecular flexibility index (Phi) is 10.6. The van der Waals surface area contributed by atoms with Gasteiger partial charge in [-0.25, -0.2) is 4.58 Å². The highest BCUT2D eigenvalue weighted by atomic mass is 79.9. The van der Waals surface area contributed by atoms with Gasteiger partial charge in [-0.2, -0.15) is 0 Å². The van der Waals surface area contributed by atoms with E-state index in [0.29, 0.717) is 0 Å². The first-order valence-corrected chi connectivity index (χ1v) is 14.6. The highest BCUT2D eigenvalue weighted by Gasteiger charge is 2.34. The van der Waals surface area contributed by atoms with Crippen LogP contribution in [0, 0.1) is 0 Å². The minimum Gasteiger partial charge on any atom is -1.00 e. The van der Waals surface area contributed by atoms with Gasteiger partial charge in [0.05, 0.1) is 14.2 Å². The lowest BCUT2D eigenvalue weighted by molar-refractivity contribution is -0.545. The predicted octanol–water partition coefficient (Wildman–Crippen LogP) is 4.27. The van der Waals surface area contributed by atoms with Gasteiger partial charge >= 0.3 is 0 Å². The molecule has 0 saturated carbocycles. The molecule has 0 saturated heterocycles. The van der Waals surface area contributed by atoms with E-state index in [2.05, 4.69) is 121 Å². The van der Waals surface area contributed by atoms with Crippen molar-refractivity contribution in [1.29, 1.82) is 0 Å². The molecule has 0 aliphatic carbocycles. The third-order valence-electron chi connectivity index (χ3n) is 8.67. The summed E-state index contributed by atoms with van der Waals surface area (Å²) in [5.74, 6) is 1.91. The number of hydrogen-bond donors (Lipinski definition) is 0. The van der Waals surface area contributed by atoms with Gasteiger partial charge in [0.2, 0.25) is 0 Å². The molecular formula is C37H43BrN2O2. The van der Waals surface area contributed by atoms with Crippen molar-refractivity contribution in [2.24, 2.45) is 0 Å². The molecule has 220 valence electrons. The zero-order valence-electron chi connectivity index (χ0n) is 25.6. The molecule has 0 spiro atoms. The second-order valence-electron chi connectivity index (χ2n) is 11.5. The molecule has 4 aromatic carbocycles. The number of rotatable bonds is 6. The standard InChI is InChI=1S/C19H23NO.C18H20NO.BrH/c1-19(2)18-10-9-17(21-3)13-16(18)11-12-20(19)14-15-7-5-4-6-8-15;1-14-18-9-8-17(20-2)12-16(18)10-11-19(14)13-15-6-4-3-5-7-15;/h4-10,13H,11-12,14H2,1-3H3;3-9,12H,10-11,13H2,1-2H3;1H/q;+1;/p-1. The van der Waals surface area contributed by atoms with Crippen LogP contribution in [0.2, 0.25) is 0 Å². The van der Waals surface area contributed by atoms with E-state index in [9.17, 15) is 0 Å². The van der Waals surface area contributed by atoms with E-state index in [4.69, 9.17) is 9.47 Å². The molecule has 2 aliphatic rings. The molecule has 0 atom stereocenters. The summed E-state index contributed by atoms with van der Waals surface area (Å²) in [5.41, 5.74) is 9.74. The van der Waals surface area contributed by atoms with Gasteiger partial charge in [-0.3, -0.25) is 4.90 Å². The summed E-state index contributed by atoms with van der Waals surface area (Å²) < 4.78 is 13.1. The molecule has 4 aromatic rings. The fourth-order valence-corrected chi connectivity index (χ4v) is 6.14. The quantitative estimate of drug-likeness (QED) is 0.299. The molecule has 0 N–H and O–H groups in total. The lowest BCUT2D eigenvalue weighted by Gasteiger charge is -2.44. The number of ether oxygens (including phenoxy) is 2. The molecule has 0 radical (unpaired) electrons. The van der Waals surface area contributed by atoms with Crippen molar-refractivity contribution < 1.29 is 31.0 Å². The Bertz CT molecular complexity index is 1500. The summed E-state index contributed by atoms with van der Waals surface area (Å²) in [6, 6.07) is 34.3. The summed E-state index contributed by atoms with van der Waals surface area (Å²) in [6.45, 7) is 11.0. The molecule has 0 unspecified atom stereocenters. The van der Waals surface area contributed by atoms with Crippen LogP contribution in [0.15, 0.2) is 97.1 Å². The zero-order valence-corrected chi connectivity index (χ0v) is 27.2. The number of halogens is 1. The molecule has 0 amide bonds. The minimum atomic E-state index is 0. The van der Waals surface area contributed by atoms with Gasteiger partial charge in [-0.15, -0.1) is 0 Å². The molecule has 5 heteroatoms. The Balaban J connectivity index is 0.000000189. The fraction of sp³-hybridized carbons (Fsp3) is 0.324. The highest BCUT2D eigenvalue weighted by molar-refractivity contribution is 5.97. The second-order valence-corrected chi connectivity index (χ2v) is 11.5. The molecule has 4 nitrogen and oxygen atoms in total. The van der Waals surface area contributed by atoms with E-state index in [0.717, 1.165) is 50.5 Å². The Morgan fingerprint density at radius 3 is 1.98 bits per heavy atom. The van der Waals surface area contributed by atoms with E-state index in [-0.39, 0.29) is 22.5 Å². The minimum absolute atomic E-state index is 0. The van der Waals surface area contributed by atoms with Crippen molar-refractivity contribution >= 4 is 5.71 Å². The molecule has 0 fully saturated rings. The monoisotopic (exact) mass is 626 g/mol. The zero-order chi connectivity index (χ0) is 28.8. The molecule has 6 rings (SSSR count). The number of fused-ring (bicyclic) bond motifs is 2. The maximum absolute atomic E-state index is 5.36. The van der Waals surface area contributed by atoms with E-state index in [1.54, 1.807) is 14.2 Å². The second kappa shape index (κ2) is 14.2. The largest absolute Gasteiger partial charge is 1.00 e. The number of benzene rings is 4. The summed E-state index contributed by atoms with van der Waals surface area (Å²) in [4.78, 5) is 2.57. The Morgan fingerprint density at radius 2 is 1.33 bits per heavy atom. The van der Waals surface area contributed by atoms with Crippen LogP contribution in [0.1, 0.15) is 54.2 Å². The predicted molar refractivity (Wildman–Crippen MR) is 168 cm³/mol. The van der Waals surface area contributed by atoms with Gasteiger partial charge in [0.25, 0.3) is 0 Å². The van der Waals surface area contributed by atoms with Crippen LogP contribution in [-0.2, 0) is 31.5 Å². The van der Waals surface area contributed by atoms with Gasteiger partial charge in [-0.1, -0.05) is 66.7 Å². The van der Waals surface area contributed by atoms with Gasteiger partial charge < -0.3 is 26.5 Å². The molecule has 2 heterocycles. The molecule has 2 aliphatic heterocycles. The van der Waals surface area contributed by atoms with E-state index < -0.39 is 0 Å². The summed E-state index contributed by atoms with van der Waals surface area (Å²) >= 11 is 0. The first kappa shape index (κ1) is 31.5. The first-order valence-electron chi connectivity index (χ1n) is 14.6. The lowest BCUT2D eigenvalue weighted by Crippen LogP contribution is -3.00. The maximum atomic E-state index is 5.36. The number of methoxy groups -OCH3 is 2. The SMILES string of the molecule is COc1ccc2c(c1)CCN(Cc1ccccc1)C2(C)C.COc1ccc2c(c1)CC[N+](Cc1ccccc1)=C2C.[Br-]. The summed E-state index contributed by atoms with van der Waals surface area (Å²) in [7, 11) is 3.46. The van der Waals surface area contributed by atoms with E-state index >= 15 is 0 Å². The third-order valence-corrected chi connectivity index (χ3v) is 8.67. The van der Waals surface area contributed by atoms with Crippen molar-refractivity contribution in [2.75, 3.05) is 27.3 Å². The number of hydrogen-bond acceptors (Lipinski definition) is 3. The van der Waals surface area contributed by atoms with E-state index in [1.165, 1.54) is 39.1 Å². The molecule has 42 heavy (non-hydrogen) atoms. The van der Waals surface area contributed by atoms with Crippen molar-refractivity contribution in [3.8, 4) is 11.5 Å². The van der Waals surface area contributed by atoms with Crippen molar-refractivity contribution in [3.63, 3.8) is 0 Å². The normalized spacial score (nSPS) is 15.4. The average molecular weight is 628 g/mol. The Morgan fingerprint density at radius 1 is 0.738 bits per heavy atom. The van der Waals surface area contributed by atoms with Crippen LogP contribution >= 0.6 is 0 Å². The fourth-order valence-electron chi connectivity index (χ4n) is 6.14. The van der Waals surface area contributed by atoms with Crippen LogP contribution in [0.5, 0.6) is 11.5 Å². The highest BCUT2D eigenvalue weighted by Crippen LogP contribution is 2.37. The topological polar surface area (TPSA) is 24.7 Å². The smallest absolute Gasteiger partial charge is 0.180 e. The summed E-state index contributed by atoms with van der Waals surface area (Å²) in [6.07, 6.45) is 2.17. The molecule has 0 aromatic heterocycles. The first-order chi connectivity index (χ1) is 19.9. The van der Waals surface area contributed by atoms with Crippen molar-refractivity contribution in [3.05, 3.63) is 130 Å². The maximum Gasteiger partial charge on any atom is 0.180 e. The summed E-state index contributed by atoms with van der Waals surface area (Å²) in [5, 5.41) is 0. The average Bonchev–Trinajstić information content (AvgIpc) is 3.01. The van der Waals surface area contributed by atoms with Gasteiger partial charge in [0.15, 0.2) is 12.3 Å². The van der Waals surface area contributed by atoms with Gasteiger partial charge in [0, 0.05) is 43.1 Å². The van der Waals surface area contributed by atoms with E-state index in [1.807, 2.05) is 6.07 Å².